The maximum absolute atomic E-state index is 5.87. The first-order valence-electron chi connectivity index (χ1n) is 7.32. The van der Waals surface area contributed by atoms with Crippen molar-refractivity contribution < 1.29 is 4.74 Å². The second-order valence-corrected chi connectivity index (χ2v) is 5.77. The van der Waals surface area contributed by atoms with Gasteiger partial charge in [0.25, 0.3) is 0 Å². The van der Waals surface area contributed by atoms with Crippen LogP contribution >= 0.6 is 0 Å². The highest BCUT2D eigenvalue weighted by Crippen LogP contribution is 2.26. The largest absolute Gasteiger partial charge is 0.375 e. The molecule has 3 unspecified atom stereocenters. The van der Waals surface area contributed by atoms with Gasteiger partial charge in [0, 0.05) is 18.6 Å². The molecule has 17 heavy (non-hydrogen) atoms. The minimum Gasteiger partial charge on any atom is -0.375 e. The van der Waals surface area contributed by atoms with Crippen molar-refractivity contribution in [2.45, 2.75) is 70.7 Å². The highest BCUT2D eigenvalue weighted by atomic mass is 16.5. The SMILES string of the molecule is CCCN(C1CCNC1)C1CC(C)OC(C)C1. The van der Waals surface area contributed by atoms with Gasteiger partial charge in [-0.1, -0.05) is 6.92 Å². The Balaban J connectivity index is 1.98. The number of hydrogen-bond donors (Lipinski definition) is 1. The Morgan fingerprint density at radius 2 is 1.88 bits per heavy atom. The van der Waals surface area contributed by atoms with E-state index in [0.717, 1.165) is 12.1 Å². The van der Waals surface area contributed by atoms with Crippen LogP contribution in [0.15, 0.2) is 0 Å². The molecule has 100 valence electrons. The third-order valence-electron chi connectivity index (χ3n) is 4.13. The van der Waals surface area contributed by atoms with Crippen molar-refractivity contribution in [1.29, 1.82) is 0 Å². The van der Waals surface area contributed by atoms with E-state index in [0.29, 0.717) is 12.2 Å². The summed E-state index contributed by atoms with van der Waals surface area (Å²) in [6.07, 6.45) is 5.85. The van der Waals surface area contributed by atoms with Gasteiger partial charge in [0.05, 0.1) is 12.2 Å². The third kappa shape index (κ3) is 3.43. The average Bonchev–Trinajstić information content (AvgIpc) is 2.77. The minimum absolute atomic E-state index is 0.428. The molecule has 2 rings (SSSR count). The van der Waals surface area contributed by atoms with Crippen molar-refractivity contribution in [2.24, 2.45) is 0 Å². The molecule has 2 aliphatic rings. The van der Waals surface area contributed by atoms with Gasteiger partial charge in [-0.25, -0.2) is 0 Å². The summed E-state index contributed by atoms with van der Waals surface area (Å²) in [4.78, 5) is 2.76. The molecule has 2 aliphatic heterocycles. The van der Waals surface area contributed by atoms with Crippen LogP contribution < -0.4 is 5.32 Å². The van der Waals surface area contributed by atoms with E-state index in [1.165, 1.54) is 45.3 Å². The molecule has 0 aliphatic carbocycles. The molecule has 2 saturated heterocycles. The molecule has 0 spiro atoms. The van der Waals surface area contributed by atoms with Crippen LogP contribution in [-0.2, 0) is 4.74 Å². The van der Waals surface area contributed by atoms with Crippen molar-refractivity contribution in [3.63, 3.8) is 0 Å². The van der Waals surface area contributed by atoms with Crippen molar-refractivity contribution in [2.75, 3.05) is 19.6 Å². The van der Waals surface area contributed by atoms with Crippen LogP contribution in [0, 0.1) is 0 Å². The molecule has 0 aromatic rings. The molecule has 3 nitrogen and oxygen atoms in total. The van der Waals surface area contributed by atoms with Crippen LogP contribution in [0.3, 0.4) is 0 Å². The predicted molar refractivity (Wildman–Crippen MR) is 71.3 cm³/mol. The summed E-state index contributed by atoms with van der Waals surface area (Å²) in [5.74, 6) is 0. The van der Waals surface area contributed by atoms with Crippen molar-refractivity contribution >= 4 is 0 Å². The van der Waals surface area contributed by atoms with Crippen molar-refractivity contribution in [3.8, 4) is 0 Å². The first-order valence-corrected chi connectivity index (χ1v) is 7.32. The third-order valence-corrected chi connectivity index (χ3v) is 4.13. The zero-order valence-electron chi connectivity index (χ0n) is 11.6. The lowest BCUT2D eigenvalue weighted by Crippen LogP contribution is -2.49. The zero-order chi connectivity index (χ0) is 12.3. The van der Waals surface area contributed by atoms with Gasteiger partial charge >= 0.3 is 0 Å². The quantitative estimate of drug-likeness (QED) is 0.813. The fourth-order valence-electron chi connectivity index (χ4n) is 3.48. The van der Waals surface area contributed by atoms with Gasteiger partial charge in [-0.15, -0.1) is 0 Å². The van der Waals surface area contributed by atoms with Gasteiger partial charge in [-0.3, -0.25) is 4.90 Å². The topological polar surface area (TPSA) is 24.5 Å². The molecule has 0 radical (unpaired) electrons. The van der Waals surface area contributed by atoms with Gasteiger partial charge in [-0.2, -0.15) is 0 Å². The molecule has 0 aromatic heterocycles. The van der Waals surface area contributed by atoms with Crippen LogP contribution in [0.2, 0.25) is 0 Å². The average molecular weight is 240 g/mol. The van der Waals surface area contributed by atoms with E-state index in [9.17, 15) is 0 Å². The Morgan fingerprint density at radius 1 is 1.18 bits per heavy atom. The van der Waals surface area contributed by atoms with Gasteiger partial charge in [0.2, 0.25) is 0 Å². The summed E-state index contributed by atoms with van der Waals surface area (Å²) >= 11 is 0. The van der Waals surface area contributed by atoms with Crippen molar-refractivity contribution in [3.05, 3.63) is 0 Å². The highest BCUT2D eigenvalue weighted by Gasteiger charge is 2.33. The molecular formula is C14H28N2O. The normalized spacial score (nSPS) is 38.8. The van der Waals surface area contributed by atoms with Crippen LogP contribution in [0.4, 0.5) is 0 Å². The molecule has 0 aromatic carbocycles. The molecule has 3 heteroatoms. The van der Waals surface area contributed by atoms with Gasteiger partial charge in [-0.05, 0) is 52.6 Å². The standard InChI is InChI=1S/C14H28N2O/c1-4-7-16(13-5-6-15-10-13)14-8-11(2)17-12(3)9-14/h11-15H,4-10H2,1-3H3. The second-order valence-electron chi connectivity index (χ2n) is 5.77. The molecule has 2 fully saturated rings. The van der Waals surface area contributed by atoms with E-state index in [4.69, 9.17) is 4.74 Å². The molecule has 2 heterocycles. The number of ether oxygens (including phenoxy) is 1. The maximum Gasteiger partial charge on any atom is 0.0565 e. The van der Waals surface area contributed by atoms with Gasteiger partial charge in [0.15, 0.2) is 0 Å². The number of nitrogens with one attached hydrogen (secondary N) is 1. The summed E-state index contributed by atoms with van der Waals surface area (Å²) in [7, 11) is 0. The number of nitrogens with zero attached hydrogens (tertiary/aromatic N) is 1. The summed E-state index contributed by atoms with van der Waals surface area (Å²) in [6.45, 7) is 10.4. The van der Waals surface area contributed by atoms with E-state index in [2.05, 4.69) is 31.0 Å². The Labute approximate surface area is 106 Å². The van der Waals surface area contributed by atoms with Gasteiger partial charge < -0.3 is 10.1 Å². The molecular weight excluding hydrogens is 212 g/mol. The van der Waals surface area contributed by atoms with E-state index >= 15 is 0 Å². The predicted octanol–water partition coefficient (Wildman–Crippen LogP) is 2.02. The summed E-state index contributed by atoms with van der Waals surface area (Å²) in [5.41, 5.74) is 0. The van der Waals surface area contributed by atoms with Crippen molar-refractivity contribution in [1.82, 2.24) is 10.2 Å². The lowest BCUT2D eigenvalue weighted by atomic mass is 9.96. The molecule has 0 bridgehead atoms. The summed E-state index contributed by atoms with van der Waals surface area (Å²) < 4.78 is 5.87. The zero-order valence-corrected chi connectivity index (χ0v) is 11.6. The summed E-state index contributed by atoms with van der Waals surface area (Å²) in [5, 5.41) is 3.50. The first-order chi connectivity index (χ1) is 8.20. The number of hydrogen-bond acceptors (Lipinski definition) is 3. The Kier molecular flexibility index (Phi) is 4.83. The van der Waals surface area contributed by atoms with E-state index in [-0.39, 0.29) is 0 Å². The molecule has 0 saturated carbocycles. The highest BCUT2D eigenvalue weighted by molar-refractivity contribution is 4.88. The number of rotatable bonds is 4. The van der Waals surface area contributed by atoms with Gasteiger partial charge in [0.1, 0.15) is 0 Å². The van der Waals surface area contributed by atoms with E-state index in [1.807, 2.05) is 0 Å². The lowest BCUT2D eigenvalue weighted by Gasteiger charge is -2.42. The monoisotopic (exact) mass is 240 g/mol. The molecule has 3 atom stereocenters. The second kappa shape index (κ2) is 6.17. The maximum atomic E-state index is 5.87. The lowest BCUT2D eigenvalue weighted by molar-refractivity contribution is -0.0711. The first kappa shape index (κ1) is 13.3. The summed E-state index contributed by atoms with van der Waals surface area (Å²) in [6, 6.07) is 1.50. The Morgan fingerprint density at radius 3 is 2.41 bits per heavy atom. The Bertz CT molecular complexity index is 218. The molecule has 0 amide bonds. The fraction of sp³-hybridized carbons (Fsp3) is 1.00. The Hall–Kier alpha value is -0.120. The smallest absolute Gasteiger partial charge is 0.0565 e. The van der Waals surface area contributed by atoms with Crippen LogP contribution in [0.1, 0.15) is 46.5 Å². The van der Waals surface area contributed by atoms with Crippen LogP contribution in [0.5, 0.6) is 0 Å². The van der Waals surface area contributed by atoms with Crippen LogP contribution in [0.25, 0.3) is 0 Å². The van der Waals surface area contributed by atoms with Crippen LogP contribution in [-0.4, -0.2) is 48.8 Å². The van der Waals surface area contributed by atoms with E-state index < -0.39 is 0 Å². The fourth-order valence-corrected chi connectivity index (χ4v) is 3.48. The molecule has 1 N–H and O–H groups in total. The minimum atomic E-state index is 0.428. The van der Waals surface area contributed by atoms with E-state index in [1.54, 1.807) is 0 Å².